The molecule has 7 nitrogen and oxygen atoms in total. The van der Waals surface area contributed by atoms with Gasteiger partial charge >= 0.3 is 0 Å². The van der Waals surface area contributed by atoms with E-state index in [1.807, 2.05) is 25.1 Å². The average Bonchev–Trinajstić information content (AvgIpc) is 3.04. The quantitative estimate of drug-likeness (QED) is 0.582. The summed E-state index contributed by atoms with van der Waals surface area (Å²) in [6, 6.07) is 13.0. The van der Waals surface area contributed by atoms with Crippen LogP contribution in [0.1, 0.15) is 21.7 Å². The summed E-state index contributed by atoms with van der Waals surface area (Å²) in [7, 11) is 1.76. The van der Waals surface area contributed by atoms with Crippen LogP contribution in [0.3, 0.4) is 0 Å². The molecule has 0 fully saturated rings. The van der Waals surface area contributed by atoms with Crippen LogP contribution in [-0.2, 0) is 18.4 Å². The predicted octanol–water partition coefficient (Wildman–Crippen LogP) is 2.92. The normalized spacial score (nSPS) is 10.6. The molecule has 1 aromatic heterocycles. The number of carbonyl (C=O) groups excluding carboxylic acids is 2. The van der Waals surface area contributed by atoms with Gasteiger partial charge in [-0.05, 0) is 37.3 Å². The molecule has 0 bridgehead atoms. The molecule has 150 valence electrons. The minimum atomic E-state index is -0.416. The third kappa shape index (κ3) is 5.64. The van der Waals surface area contributed by atoms with Crippen molar-refractivity contribution in [2.24, 2.45) is 7.05 Å². The molecule has 0 saturated heterocycles. The number of hydrogen-bond acceptors (Lipinski definition) is 5. The molecule has 3 rings (SSSR count). The molecule has 0 atom stereocenters. The van der Waals surface area contributed by atoms with Crippen LogP contribution in [0.2, 0.25) is 0 Å². The minimum absolute atomic E-state index is 0.0954. The van der Waals surface area contributed by atoms with E-state index in [9.17, 15) is 14.0 Å². The van der Waals surface area contributed by atoms with Crippen LogP contribution < -0.4 is 10.6 Å². The van der Waals surface area contributed by atoms with E-state index < -0.39 is 5.82 Å². The summed E-state index contributed by atoms with van der Waals surface area (Å²) in [6.07, 6.45) is 0. The molecule has 2 aromatic carbocycles. The van der Waals surface area contributed by atoms with Gasteiger partial charge in [0, 0.05) is 18.3 Å². The molecular formula is C20H20FN5O2S. The number of rotatable bonds is 7. The maximum Gasteiger partial charge on any atom is 0.251 e. The Labute approximate surface area is 171 Å². The fourth-order valence-electron chi connectivity index (χ4n) is 2.57. The maximum atomic E-state index is 13.2. The van der Waals surface area contributed by atoms with Crippen molar-refractivity contribution in [3.8, 4) is 0 Å². The van der Waals surface area contributed by atoms with Gasteiger partial charge in [0.05, 0.1) is 12.3 Å². The third-order valence-electron chi connectivity index (χ3n) is 4.05. The standard InChI is InChI=1S/C20H20FN5O2S/c1-13-5-3-6-14(9-13)19(28)22-11-17-24-25-20(26(17)2)29-12-18(27)23-16-8-4-7-15(21)10-16/h3-10H,11-12H2,1-2H3,(H,22,28)(H,23,27). The van der Waals surface area contributed by atoms with Gasteiger partial charge in [-0.3, -0.25) is 9.59 Å². The lowest BCUT2D eigenvalue weighted by Crippen LogP contribution is -2.24. The summed E-state index contributed by atoms with van der Waals surface area (Å²) >= 11 is 1.20. The summed E-state index contributed by atoms with van der Waals surface area (Å²) in [6.45, 7) is 2.14. The van der Waals surface area contributed by atoms with Crippen LogP contribution >= 0.6 is 11.8 Å². The molecule has 0 aliphatic heterocycles. The first-order chi connectivity index (χ1) is 13.9. The van der Waals surface area contributed by atoms with Crippen molar-refractivity contribution in [3.63, 3.8) is 0 Å². The number of amides is 2. The first kappa shape index (κ1) is 20.5. The second-order valence-corrected chi connectivity index (χ2v) is 7.30. The molecule has 0 saturated carbocycles. The average molecular weight is 413 g/mol. The SMILES string of the molecule is Cc1cccc(C(=O)NCc2nnc(SCC(=O)Nc3cccc(F)c3)n2C)c1. The number of aromatic nitrogens is 3. The van der Waals surface area contributed by atoms with E-state index in [2.05, 4.69) is 20.8 Å². The highest BCUT2D eigenvalue weighted by Gasteiger charge is 2.13. The van der Waals surface area contributed by atoms with Crippen LogP contribution in [-0.4, -0.2) is 32.3 Å². The maximum absolute atomic E-state index is 13.2. The molecule has 0 aliphatic carbocycles. The van der Waals surface area contributed by atoms with E-state index >= 15 is 0 Å². The largest absolute Gasteiger partial charge is 0.345 e. The Morgan fingerprint density at radius 2 is 1.93 bits per heavy atom. The van der Waals surface area contributed by atoms with Gasteiger partial charge in [-0.2, -0.15) is 0 Å². The monoisotopic (exact) mass is 413 g/mol. The number of benzene rings is 2. The van der Waals surface area contributed by atoms with Crippen molar-refractivity contribution in [1.82, 2.24) is 20.1 Å². The van der Waals surface area contributed by atoms with E-state index in [4.69, 9.17) is 0 Å². The molecule has 1 heterocycles. The second-order valence-electron chi connectivity index (χ2n) is 6.36. The Bertz CT molecular complexity index is 1040. The number of carbonyl (C=O) groups is 2. The van der Waals surface area contributed by atoms with Gasteiger partial charge in [-0.1, -0.05) is 35.5 Å². The Morgan fingerprint density at radius 1 is 1.14 bits per heavy atom. The highest BCUT2D eigenvalue weighted by Crippen LogP contribution is 2.17. The number of anilines is 1. The van der Waals surface area contributed by atoms with Crippen LogP contribution in [0.4, 0.5) is 10.1 Å². The number of nitrogens with zero attached hydrogens (tertiary/aromatic N) is 3. The van der Waals surface area contributed by atoms with Gasteiger partial charge in [0.1, 0.15) is 5.82 Å². The molecular weight excluding hydrogens is 393 g/mol. The first-order valence-corrected chi connectivity index (χ1v) is 9.82. The Kier molecular flexibility index (Phi) is 6.61. The van der Waals surface area contributed by atoms with E-state index in [1.54, 1.807) is 23.7 Å². The lowest BCUT2D eigenvalue weighted by atomic mass is 10.1. The fourth-order valence-corrected chi connectivity index (χ4v) is 3.30. The lowest BCUT2D eigenvalue weighted by Gasteiger charge is -2.07. The summed E-state index contributed by atoms with van der Waals surface area (Å²) < 4.78 is 14.9. The number of halogens is 1. The van der Waals surface area contributed by atoms with Crippen LogP contribution in [0.15, 0.2) is 53.7 Å². The van der Waals surface area contributed by atoms with Crippen molar-refractivity contribution in [1.29, 1.82) is 0 Å². The summed E-state index contributed by atoms with van der Waals surface area (Å²) in [5, 5.41) is 14.1. The van der Waals surface area contributed by atoms with Crippen LogP contribution in [0, 0.1) is 12.7 Å². The number of nitrogens with one attached hydrogen (secondary N) is 2. The molecule has 2 N–H and O–H groups in total. The molecule has 3 aromatic rings. The van der Waals surface area contributed by atoms with Crippen LogP contribution in [0.5, 0.6) is 0 Å². The predicted molar refractivity (Wildman–Crippen MR) is 109 cm³/mol. The Morgan fingerprint density at radius 3 is 2.69 bits per heavy atom. The highest BCUT2D eigenvalue weighted by atomic mass is 32.2. The molecule has 0 aliphatic rings. The van der Waals surface area contributed by atoms with Gasteiger partial charge in [0.2, 0.25) is 5.91 Å². The smallest absolute Gasteiger partial charge is 0.251 e. The van der Waals surface area contributed by atoms with Crippen molar-refractivity contribution in [2.75, 3.05) is 11.1 Å². The molecule has 0 unspecified atom stereocenters. The van der Waals surface area contributed by atoms with Crippen molar-refractivity contribution in [3.05, 3.63) is 71.3 Å². The summed E-state index contributed by atoms with van der Waals surface area (Å²) in [5.41, 5.74) is 1.98. The number of thioether (sulfide) groups is 1. The summed E-state index contributed by atoms with van der Waals surface area (Å²) in [4.78, 5) is 24.3. The fraction of sp³-hybridized carbons (Fsp3) is 0.200. The first-order valence-electron chi connectivity index (χ1n) is 8.84. The van der Waals surface area contributed by atoms with Gasteiger partial charge < -0.3 is 15.2 Å². The lowest BCUT2D eigenvalue weighted by molar-refractivity contribution is -0.113. The van der Waals surface area contributed by atoms with Gasteiger partial charge in [-0.15, -0.1) is 10.2 Å². The molecule has 0 radical (unpaired) electrons. The Balaban J connectivity index is 1.52. The van der Waals surface area contributed by atoms with Gasteiger partial charge in [-0.25, -0.2) is 4.39 Å². The van der Waals surface area contributed by atoms with Gasteiger partial charge in [0.15, 0.2) is 11.0 Å². The molecule has 9 heteroatoms. The molecule has 0 spiro atoms. The zero-order chi connectivity index (χ0) is 20.8. The zero-order valence-corrected chi connectivity index (χ0v) is 16.8. The Hall–Kier alpha value is -3.20. The third-order valence-corrected chi connectivity index (χ3v) is 5.07. The van der Waals surface area contributed by atoms with Gasteiger partial charge in [0.25, 0.3) is 5.91 Å². The molecule has 2 amide bonds. The highest BCUT2D eigenvalue weighted by molar-refractivity contribution is 7.99. The van der Waals surface area contributed by atoms with E-state index in [0.717, 1.165) is 5.56 Å². The number of aryl methyl sites for hydroxylation is 1. The second kappa shape index (κ2) is 9.33. The summed E-state index contributed by atoms with van der Waals surface area (Å²) in [5.74, 6) is -0.226. The number of hydrogen-bond donors (Lipinski definition) is 2. The van der Waals surface area contributed by atoms with Crippen molar-refractivity contribution < 1.29 is 14.0 Å². The van der Waals surface area contributed by atoms with Crippen molar-refractivity contribution >= 4 is 29.3 Å². The minimum Gasteiger partial charge on any atom is -0.345 e. The molecule has 29 heavy (non-hydrogen) atoms. The van der Waals surface area contributed by atoms with E-state index in [0.29, 0.717) is 22.2 Å². The zero-order valence-electron chi connectivity index (χ0n) is 16.0. The van der Waals surface area contributed by atoms with E-state index in [1.165, 1.54) is 30.0 Å². The van der Waals surface area contributed by atoms with E-state index in [-0.39, 0.29) is 24.1 Å². The topological polar surface area (TPSA) is 88.9 Å². The van der Waals surface area contributed by atoms with Crippen molar-refractivity contribution in [2.45, 2.75) is 18.6 Å². The van der Waals surface area contributed by atoms with Crippen LogP contribution in [0.25, 0.3) is 0 Å².